The largest absolute Gasteiger partial charge is 0.330 e. The second-order valence-corrected chi connectivity index (χ2v) is 7.26. The lowest BCUT2D eigenvalue weighted by Gasteiger charge is -2.17. The molecule has 0 unspecified atom stereocenters. The number of nitriles is 1. The predicted molar refractivity (Wildman–Crippen MR) is 105 cm³/mol. The zero-order valence-corrected chi connectivity index (χ0v) is 16.0. The summed E-state index contributed by atoms with van der Waals surface area (Å²) < 4.78 is 0. The van der Waals surface area contributed by atoms with Gasteiger partial charge in [0.25, 0.3) is 5.91 Å². The lowest BCUT2D eigenvalue weighted by molar-refractivity contribution is -0.709. The van der Waals surface area contributed by atoms with E-state index >= 15 is 0 Å². The highest BCUT2D eigenvalue weighted by Crippen LogP contribution is 2.15. The highest BCUT2D eigenvalue weighted by atomic mass is 16.2. The molecule has 2 aromatic carbocycles. The summed E-state index contributed by atoms with van der Waals surface area (Å²) >= 11 is 0. The Hall–Kier alpha value is -2.64. The zero-order valence-electron chi connectivity index (χ0n) is 16.0. The molecule has 0 bridgehead atoms. The lowest BCUT2D eigenvalue weighted by Crippen LogP contribution is -2.91. The van der Waals surface area contributed by atoms with Crippen LogP contribution in [0.25, 0.3) is 0 Å². The Bertz CT molecular complexity index is 775. The number of nitrogens with two attached hydrogens (primary N) is 1. The Morgan fingerprint density at radius 1 is 1.08 bits per heavy atom. The third-order valence-corrected chi connectivity index (χ3v) is 4.45. The van der Waals surface area contributed by atoms with E-state index in [0.29, 0.717) is 17.2 Å². The molecule has 0 aromatic heterocycles. The van der Waals surface area contributed by atoms with E-state index in [4.69, 9.17) is 5.26 Å². The normalized spacial score (nSPS) is 13.1. The molecule has 1 amide bonds. The van der Waals surface area contributed by atoms with Crippen molar-refractivity contribution in [2.45, 2.75) is 46.2 Å². The van der Waals surface area contributed by atoms with Gasteiger partial charge < -0.3 is 10.6 Å². The van der Waals surface area contributed by atoms with Crippen LogP contribution in [0.15, 0.2) is 48.5 Å². The number of hydrogen-bond donors (Lipinski definition) is 2. The van der Waals surface area contributed by atoms with Crippen LogP contribution >= 0.6 is 0 Å². The molecule has 3 N–H and O–H groups in total. The topological polar surface area (TPSA) is 69.5 Å². The van der Waals surface area contributed by atoms with Crippen LogP contribution in [0.2, 0.25) is 0 Å². The monoisotopic (exact) mass is 350 g/mol. The van der Waals surface area contributed by atoms with Crippen molar-refractivity contribution >= 4 is 11.6 Å². The van der Waals surface area contributed by atoms with Gasteiger partial charge in [0.15, 0.2) is 6.04 Å². The van der Waals surface area contributed by atoms with Gasteiger partial charge in [0, 0.05) is 5.56 Å². The quantitative estimate of drug-likeness (QED) is 0.803. The minimum absolute atomic E-state index is 0.101. The first kappa shape index (κ1) is 19.7. The van der Waals surface area contributed by atoms with Crippen LogP contribution in [0.5, 0.6) is 0 Å². The summed E-state index contributed by atoms with van der Waals surface area (Å²) in [4.78, 5) is 12.5. The third-order valence-electron chi connectivity index (χ3n) is 4.45. The zero-order chi connectivity index (χ0) is 19.1. The van der Waals surface area contributed by atoms with Gasteiger partial charge in [-0.2, -0.15) is 5.26 Å². The minimum Gasteiger partial charge on any atom is -0.330 e. The first-order valence-electron chi connectivity index (χ1n) is 9.14. The molecule has 0 aliphatic rings. The van der Waals surface area contributed by atoms with Gasteiger partial charge in [-0.15, -0.1) is 0 Å². The lowest BCUT2D eigenvalue weighted by atomic mass is 9.99. The first-order chi connectivity index (χ1) is 12.4. The highest BCUT2D eigenvalue weighted by Gasteiger charge is 2.21. The standard InChI is InChI=1S/C22H27N3O/c1-15(2)13-18-9-11-19(12-10-18)16(3)24-17(4)22(26)25-21-8-6-5-7-20(21)14-23/h5-12,15-17,24H,13H2,1-4H3,(H,25,26)/p+1/t16-,17+/m1/s1. The second-order valence-electron chi connectivity index (χ2n) is 7.26. The number of rotatable bonds is 7. The van der Waals surface area contributed by atoms with Gasteiger partial charge >= 0.3 is 0 Å². The van der Waals surface area contributed by atoms with Crippen molar-refractivity contribution in [3.8, 4) is 6.07 Å². The van der Waals surface area contributed by atoms with Gasteiger partial charge in [0.1, 0.15) is 12.1 Å². The number of para-hydroxylation sites is 1. The van der Waals surface area contributed by atoms with E-state index in [1.807, 2.05) is 18.3 Å². The highest BCUT2D eigenvalue weighted by molar-refractivity contribution is 5.94. The van der Waals surface area contributed by atoms with Crippen LogP contribution in [0, 0.1) is 17.2 Å². The van der Waals surface area contributed by atoms with E-state index in [1.165, 1.54) is 11.1 Å². The fourth-order valence-electron chi connectivity index (χ4n) is 3.00. The molecular formula is C22H28N3O+. The number of nitrogens with one attached hydrogen (secondary N) is 1. The molecule has 0 heterocycles. The van der Waals surface area contributed by atoms with Crippen LogP contribution in [0.4, 0.5) is 5.69 Å². The van der Waals surface area contributed by atoms with E-state index in [9.17, 15) is 4.79 Å². The Balaban J connectivity index is 1.96. The van der Waals surface area contributed by atoms with Crippen LogP contribution in [0.1, 0.15) is 50.4 Å². The van der Waals surface area contributed by atoms with Gasteiger partial charge in [0.05, 0.1) is 11.3 Å². The summed E-state index contributed by atoms with van der Waals surface area (Å²) in [6.07, 6.45) is 1.08. The molecular weight excluding hydrogens is 322 g/mol. The molecule has 0 saturated carbocycles. The average Bonchev–Trinajstić information content (AvgIpc) is 2.62. The van der Waals surface area contributed by atoms with Gasteiger partial charge in [-0.3, -0.25) is 4.79 Å². The minimum atomic E-state index is -0.257. The summed E-state index contributed by atoms with van der Waals surface area (Å²) in [6.45, 7) is 8.42. The van der Waals surface area contributed by atoms with Crippen molar-refractivity contribution in [1.82, 2.24) is 0 Å². The molecule has 0 radical (unpaired) electrons. The van der Waals surface area contributed by atoms with E-state index in [2.05, 4.69) is 56.4 Å². The third kappa shape index (κ3) is 5.44. The van der Waals surface area contributed by atoms with Crippen molar-refractivity contribution in [1.29, 1.82) is 5.26 Å². The maximum absolute atomic E-state index is 12.5. The SMILES string of the molecule is CC(C)Cc1ccc([C@@H](C)[NH2+][C@@H](C)C(=O)Nc2ccccc2C#N)cc1. The van der Waals surface area contributed by atoms with Gasteiger partial charge in [-0.25, -0.2) is 0 Å². The number of carbonyl (C=O) groups is 1. The molecule has 4 nitrogen and oxygen atoms in total. The van der Waals surface area contributed by atoms with Crippen LogP contribution in [0.3, 0.4) is 0 Å². The van der Waals surface area contributed by atoms with Crippen molar-refractivity contribution in [2.24, 2.45) is 5.92 Å². The molecule has 2 aromatic rings. The molecule has 0 aliphatic heterocycles. The summed E-state index contributed by atoms with van der Waals surface area (Å²) in [7, 11) is 0. The number of carbonyl (C=O) groups excluding carboxylic acids is 1. The number of amides is 1. The first-order valence-corrected chi connectivity index (χ1v) is 9.14. The molecule has 136 valence electrons. The number of benzene rings is 2. The van der Waals surface area contributed by atoms with E-state index in [-0.39, 0.29) is 18.0 Å². The molecule has 0 fully saturated rings. The second kappa shape index (κ2) is 9.17. The molecule has 0 spiro atoms. The maximum atomic E-state index is 12.5. The summed E-state index contributed by atoms with van der Waals surface area (Å²) in [5.41, 5.74) is 3.58. The maximum Gasteiger partial charge on any atom is 0.282 e. The summed E-state index contributed by atoms with van der Waals surface area (Å²) in [5, 5.41) is 14.0. The number of nitrogens with zero attached hydrogens (tertiary/aromatic N) is 1. The molecule has 26 heavy (non-hydrogen) atoms. The number of quaternary nitrogens is 1. The fraction of sp³-hybridized carbons (Fsp3) is 0.364. The van der Waals surface area contributed by atoms with Crippen LogP contribution in [-0.2, 0) is 11.2 Å². The average molecular weight is 350 g/mol. The van der Waals surface area contributed by atoms with Crippen LogP contribution in [-0.4, -0.2) is 11.9 Å². The molecule has 0 saturated heterocycles. The van der Waals surface area contributed by atoms with Crippen molar-refractivity contribution < 1.29 is 10.1 Å². The van der Waals surface area contributed by atoms with E-state index in [1.54, 1.807) is 18.2 Å². The van der Waals surface area contributed by atoms with Crippen molar-refractivity contribution in [3.05, 3.63) is 65.2 Å². The summed E-state index contributed by atoms with van der Waals surface area (Å²) in [6, 6.07) is 17.7. The Morgan fingerprint density at radius 3 is 2.35 bits per heavy atom. The van der Waals surface area contributed by atoms with Gasteiger partial charge in [-0.1, -0.05) is 50.2 Å². The fourth-order valence-corrected chi connectivity index (χ4v) is 3.00. The van der Waals surface area contributed by atoms with Crippen molar-refractivity contribution in [2.75, 3.05) is 5.32 Å². The Labute approximate surface area is 156 Å². The molecule has 2 rings (SSSR count). The predicted octanol–water partition coefficient (Wildman–Crippen LogP) is 3.41. The smallest absolute Gasteiger partial charge is 0.282 e. The van der Waals surface area contributed by atoms with Crippen molar-refractivity contribution in [3.63, 3.8) is 0 Å². The summed E-state index contributed by atoms with van der Waals surface area (Å²) in [5.74, 6) is 0.542. The Kier molecular flexibility index (Phi) is 6.94. The van der Waals surface area contributed by atoms with E-state index < -0.39 is 0 Å². The molecule has 4 heteroatoms. The Morgan fingerprint density at radius 2 is 1.73 bits per heavy atom. The number of anilines is 1. The molecule has 2 atom stereocenters. The van der Waals surface area contributed by atoms with Gasteiger partial charge in [0.2, 0.25) is 0 Å². The van der Waals surface area contributed by atoms with Gasteiger partial charge in [-0.05, 0) is 43.9 Å². The molecule has 0 aliphatic carbocycles. The van der Waals surface area contributed by atoms with E-state index in [0.717, 1.165) is 6.42 Å². The number of hydrogen-bond acceptors (Lipinski definition) is 2. The van der Waals surface area contributed by atoms with Crippen LogP contribution < -0.4 is 10.6 Å².